The van der Waals surface area contributed by atoms with Gasteiger partial charge in [-0.2, -0.15) is 18.4 Å². The number of nitrogens with one attached hydrogen (secondary N) is 3. The molecule has 2 saturated heterocycles. The summed E-state index contributed by atoms with van der Waals surface area (Å²) in [5, 5.41) is 16.9. The lowest BCUT2D eigenvalue weighted by Crippen LogP contribution is -2.58. The molecule has 2 aliphatic heterocycles. The molecule has 3 aliphatic carbocycles. The van der Waals surface area contributed by atoms with Gasteiger partial charge in [0, 0.05) is 24.4 Å². The van der Waals surface area contributed by atoms with Crippen molar-refractivity contribution >= 4 is 23.6 Å². The van der Waals surface area contributed by atoms with E-state index < -0.39 is 60.0 Å². The standard InChI is InChI=1S/C25H31F4N5O4/c1-22(2)14-11-34(20(37)15(9-23(26)3-4-23)32-21(38)25(27,28)29)17(16(14)22)19(36)31-13(10-30)7-12-8-24(5-6-24)33-18(12)35/h12-17H,3-9,11H2,1-2H3,(H,31,36)(H,32,38)(H,33,35)/t12-,13+,14+,15+,16+,17+/m1/s1. The van der Waals surface area contributed by atoms with Gasteiger partial charge >= 0.3 is 12.1 Å². The van der Waals surface area contributed by atoms with Gasteiger partial charge in [-0.1, -0.05) is 13.8 Å². The molecule has 3 saturated carbocycles. The summed E-state index contributed by atoms with van der Waals surface area (Å²) >= 11 is 0. The molecule has 3 N–H and O–H groups in total. The minimum Gasteiger partial charge on any atom is -0.350 e. The highest BCUT2D eigenvalue weighted by Gasteiger charge is 2.70. The number of likely N-dealkylation sites (tertiary alicyclic amines) is 1. The topological polar surface area (TPSA) is 131 Å². The number of hydrogen-bond acceptors (Lipinski definition) is 5. The van der Waals surface area contributed by atoms with E-state index in [4.69, 9.17) is 0 Å². The molecule has 5 aliphatic rings. The van der Waals surface area contributed by atoms with Crippen LogP contribution in [0.1, 0.15) is 58.8 Å². The molecule has 1 spiro atoms. The van der Waals surface area contributed by atoms with Crippen LogP contribution in [-0.4, -0.2) is 70.6 Å². The van der Waals surface area contributed by atoms with Crippen LogP contribution in [0.15, 0.2) is 0 Å². The van der Waals surface area contributed by atoms with Crippen LogP contribution in [0.4, 0.5) is 17.6 Å². The Hall–Kier alpha value is -2.91. The van der Waals surface area contributed by atoms with Crippen molar-refractivity contribution in [1.82, 2.24) is 20.9 Å². The fourth-order valence-corrected chi connectivity index (χ4v) is 6.49. The number of amides is 4. The molecule has 5 rings (SSSR count). The Morgan fingerprint density at radius 1 is 1.18 bits per heavy atom. The molecular formula is C25H31F4N5O4. The smallest absolute Gasteiger partial charge is 0.350 e. The Kier molecular flexibility index (Phi) is 6.00. The molecule has 13 heteroatoms. The Labute approximate surface area is 217 Å². The van der Waals surface area contributed by atoms with Gasteiger partial charge in [-0.25, -0.2) is 4.39 Å². The van der Waals surface area contributed by atoms with Crippen LogP contribution in [0.2, 0.25) is 0 Å². The van der Waals surface area contributed by atoms with Gasteiger partial charge in [-0.3, -0.25) is 19.2 Å². The first-order chi connectivity index (χ1) is 17.6. The summed E-state index contributed by atoms with van der Waals surface area (Å²) in [5.41, 5.74) is -2.37. The van der Waals surface area contributed by atoms with E-state index in [1.54, 1.807) is 5.32 Å². The Morgan fingerprint density at radius 3 is 2.37 bits per heavy atom. The first-order valence-electron chi connectivity index (χ1n) is 13.0. The van der Waals surface area contributed by atoms with E-state index in [2.05, 4.69) is 10.6 Å². The highest BCUT2D eigenvalue weighted by Crippen LogP contribution is 2.65. The van der Waals surface area contributed by atoms with E-state index >= 15 is 0 Å². The Bertz CT molecular complexity index is 1110. The van der Waals surface area contributed by atoms with Crippen LogP contribution in [0, 0.1) is 34.5 Å². The molecule has 0 bridgehead atoms. The highest BCUT2D eigenvalue weighted by molar-refractivity contribution is 5.94. The van der Waals surface area contributed by atoms with E-state index in [0.717, 1.165) is 17.7 Å². The highest BCUT2D eigenvalue weighted by atomic mass is 19.4. The van der Waals surface area contributed by atoms with Crippen molar-refractivity contribution in [2.45, 2.75) is 94.3 Å². The number of rotatable bonds is 8. The number of piperidine rings is 1. The van der Waals surface area contributed by atoms with E-state index in [9.17, 15) is 42.0 Å². The average molecular weight is 542 g/mol. The zero-order valence-electron chi connectivity index (χ0n) is 21.2. The van der Waals surface area contributed by atoms with Crippen LogP contribution in [0.25, 0.3) is 0 Å². The predicted octanol–water partition coefficient (Wildman–Crippen LogP) is 1.48. The van der Waals surface area contributed by atoms with Crippen molar-refractivity contribution in [3.05, 3.63) is 0 Å². The summed E-state index contributed by atoms with van der Waals surface area (Å²) in [6.07, 6.45) is -3.30. The van der Waals surface area contributed by atoms with Crippen molar-refractivity contribution in [2.75, 3.05) is 6.54 Å². The van der Waals surface area contributed by atoms with Crippen molar-refractivity contribution < 1.29 is 36.7 Å². The first kappa shape index (κ1) is 26.7. The van der Waals surface area contributed by atoms with Gasteiger partial charge in [0.2, 0.25) is 17.7 Å². The summed E-state index contributed by atoms with van der Waals surface area (Å²) in [7, 11) is 0. The van der Waals surface area contributed by atoms with Gasteiger partial charge in [-0.05, 0) is 55.8 Å². The number of hydrogen-bond donors (Lipinski definition) is 3. The molecule has 5 fully saturated rings. The van der Waals surface area contributed by atoms with Crippen LogP contribution >= 0.6 is 0 Å². The minimum absolute atomic E-state index is 0.0665. The van der Waals surface area contributed by atoms with E-state index in [1.807, 2.05) is 19.9 Å². The molecule has 4 amide bonds. The van der Waals surface area contributed by atoms with Crippen LogP contribution in [0.3, 0.4) is 0 Å². The summed E-state index contributed by atoms with van der Waals surface area (Å²) in [6.45, 7) is 3.89. The molecule has 0 aromatic heterocycles. The minimum atomic E-state index is -5.26. The van der Waals surface area contributed by atoms with E-state index in [1.165, 1.54) is 0 Å². The number of halogens is 4. The number of carbonyl (C=O) groups is 4. The zero-order valence-corrected chi connectivity index (χ0v) is 21.2. The summed E-state index contributed by atoms with van der Waals surface area (Å²) in [5.74, 6) is -4.97. The molecule has 0 aromatic carbocycles. The molecule has 0 unspecified atom stereocenters. The summed E-state index contributed by atoms with van der Waals surface area (Å²) in [4.78, 5) is 52.0. The van der Waals surface area contributed by atoms with E-state index in [0.29, 0.717) is 6.42 Å². The van der Waals surface area contributed by atoms with Gasteiger partial charge in [0.1, 0.15) is 23.8 Å². The second kappa shape index (κ2) is 8.55. The van der Waals surface area contributed by atoms with Crippen molar-refractivity contribution in [3.63, 3.8) is 0 Å². The lowest BCUT2D eigenvalue weighted by molar-refractivity contribution is -0.175. The second-order valence-electron chi connectivity index (χ2n) is 12.4. The molecule has 9 nitrogen and oxygen atoms in total. The lowest BCUT2D eigenvalue weighted by Gasteiger charge is -2.34. The van der Waals surface area contributed by atoms with Crippen LogP contribution in [-0.2, 0) is 19.2 Å². The van der Waals surface area contributed by atoms with Gasteiger partial charge in [0.25, 0.3) is 0 Å². The molecule has 0 aromatic rings. The maximum atomic E-state index is 14.6. The van der Waals surface area contributed by atoms with Crippen LogP contribution < -0.4 is 16.0 Å². The van der Waals surface area contributed by atoms with Crippen molar-refractivity contribution in [1.29, 1.82) is 5.26 Å². The molecule has 38 heavy (non-hydrogen) atoms. The number of carbonyl (C=O) groups excluding carboxylic acids is 4. The quantitative estimate of drug-likeness (QED) is 0.401. The molecular weight excluding hydrogens is 510 g/mol. The molecule has 208 valence electrons. The largest absolute Gasteiger partial charge is 0.471 e. The Morgan fingerprint density at radius 2 is 1.84 bits per heavy atom. The lowest BCUT2D eigenvalue weighted by atomic mass is 9.95. The van der Waals surface area contributed by atoms with Gasteiger partial charge in [0.15, 0.2) is 0 Å². The molecule has 6 atom stereocenters. The fraction of sp³-hybridized carbons (Fsp3) is 0.800. The summed E-state index contributed by atoms with van der Waals surface area (Å²) in [6, 6.07) is -1.88. The normalized spacial score (nSPS) is 32.4. The third-order valence-corrected chi connectivity index (χ3v) is 9.23. The number of fused-ring (bicyclic) bond motifs is 1. The fourth-order valence-electron chi connectivity index (χ4n) is 6.49. The maximum absolute atomic E-state index is 14.6. The maximum Gasteiger partial charge on any atom is 0.471 e. The number of nitrogens with zero attached hydrogens (tertiary/aromatic N) is 2. The van der Waals surface area contributed by atoms with Gasteiger partial charge in [-0.15, -0.1) is 0 Å². The van der Waals surface area contributed by atoms with E-state index in [-0.39, 0.29) is 54.5 Å². The monoisotopic (exact) mass is 541 g/mol. The van der Waals surface area contributed by atoms with Crippen molar-refractivity contribution in [2.24, 2.45) is 23.2 Å². The zero-order chi connectivity index (χ0) is 27.8. The summed E-state index contributed by atoms with van der Waals surface area (Å²) < 4.78 is 53.4. The molecule has 0 radical (unpaired) electrons. The number of alkyl halides is 4. The SMILES string of the molecule is CC1(C)[C@@H]2[C@@H](C(=O)N[C@H](C#N)C[C@@H]3CC4(CC4)NC3=O)N(C(=O)[C@H](CC3(F)CC3)NC(=O)C(F)(F)F)C[C@@H]21. The predicted molar refractivity (Wildman–Crippen MR) is 122 cm³/mol. The first-order valence-corrected chi connectivity index (χ1v) is 13.0. The average Bonchev–Trinajstić information content (AvgIpc) is 3.74. The van der Waals surface area contributed by atoms with Crippen molar-refractivity contribution in [3.8, 4) is 6.07 Å². The number of nitriles is 1. The van der Waals surface area contributed by atoms with Gasteiger partial charge in [0.05, 0.1) is 6.07 Å². The van der Waals surface area contributed by atoms with Crippen LogP contribution in [0.5, 0.6) is 0 Å². The molecule has 2 heterocycles. The second-order valence-corrected chi connectivity index (χ2v) is 12.4. The Balaban J connectivity index is 1.31. The third-order valence-electron chi connectivity index (χ3n) is 9.23. The third kappa shape index (κ3) is 4.82. The van der Waals surface area contributed by atoms with Gasteiger partial charge < -0.3 is 20.9 Å².